The van der Waals surface area contributed by atoms with Crippen molar-refractivity contribution in [1.29, 1.82) is 0 Å². The summed E-state index contributed by atoms with van der Waals surface area (Å²) >= 11 is 0. The molecule has 0 saturated carbocycles. The van der Waals surface area contributed by atoms with E-state index in [2.05, 4.69) is 10.1 Å². The van der Waals surface area contributed by atoms with E-state index in [1.54, 1.807) is 13.8 Å². The van der Waals surface area contributed by atoms with Crippen LogP contribution >= 0.6 is 0 Å². The van der Waals surface area contributed by atoms with Crippen molar-refractivity contribution in [3.8, 4) is 0 Å². The smallest absolute Gasteiger partial charge is 0.232 e. The molecule has 0 aliphatic heterocycles. The van der Waals surface area contributed by atoms with Crippen LogP contribution in [0.4, 0.5) is 0 Å². The number of aliphatic hydroxyl groups is 1. The molecule has 0 heterocycles. The van der Waals surface area contributed by atoms with E-state index in [0.717, 1.165) is 0 Å². The van der Waals surface area contributed by atoms with Crippen LogP contribution in [0.25, 0.3) is 0 Å². The van der Waals surface area contributed by atoms with Crippen LogP contribution in [0, 0.1) is 5.21 Å². The predicted molar refractivity (Wildman–Crippen MR) is 42.0 cm³/mol. The Labute approximate surface area is 71.6 Å². The monoisotopic (exact) mass is 177 g/mol. The average Bonchev–Trinajstić information content (AvgIpc) is 2.00. The summed E-state index contributed by atoms with van der Waals surface area (Å²) in [6.45, 7) is 4.11. The van der Waals surface area contributed by atoms with E-state index in [0.29, 0.717) is 11.5 Å². The molecular weight excluding hydrogens is 162 g/mol. The van der Waals surface area contributed by atoms with Gasteiger partial charge in [-0.2, -0.15) is 0 Å². The van der Waals surface area contributed by atoms with Crippen molar-refractivity contribution in [3.63, 3.8) is 0 Å². The van der Waals surface area contributed by atoms with E-state index >= 15 is 0 Å². The molecule has 72 valence electrons. The van der Waals surface area contributed by atoms with E-state index in [1.807, 2.05) is 0 Å². The zero-order valence-electron chi connectivity index (χ0n) is 7.60. The van der Waals surface area contributed by atoms with Crippen molar-refractivity contribution in [2.75, 3.05) is 20.2 Å². The molecular formula is C6H15N3O3. The number of rotatable bonds is 5. The van der Waals surface area contributed by atoms with E-state index in [4.69, 9.17) is 5.11 Å². The number of hydrogen-bond acceptors (Lipinski definition) is 4. The summed E-state index contributed by atoms with van der Waals surface area (Å²) < 4.78 is 0. The summed E-state index contributed by atoms with van der Waals surface area (Å²) in [7, 11) is 1.29. The molecule has 0 aliphatic carbocycles. The van der Waals surface area contributed by atoms with Gasteiger partial charge < -0.3 is 15.2 Å². The standard InChI is InChI=1S/C6H15N3O3/c1-4-8(5-6(2)10)9(11)7-12-3/h6,10H,4-5H2,1-3H3/b9-7+. The minimum absolute atomic E-state index is 0.243. The van der Waals surface area contributed by atoms with Crippen LogP contribution in [0.1, 0.15) is 13.8 Å². The molecule has 1 N–H and O–H groups in total. The van der Waals surface area contributed by atoms with Gasteiger partial charge in [-0.3, -0.25) is 0 Å². The molecule has 0 radical (unpaired) electrons. The molecule has 6 nitrogen and oxygen atoms in total. The molecule has 0 bridgehead atoms. The quantitative estimate of drug-likeness (QED) is 0.368. The third-order valence-corrected chi connectivity index (χ3v) is 1.23. The van der Waals surface area contributed by atoms with Crippen LogP contribution in [-0.4, -0.2) is 41.4 Å². The summed E-state index contributed by atoms with van der Waals surface area (Å²) in [6.07, 6.45) is -0.562. The zero-order valence-corrected chi connectivity index (χ0v) is 7.60. The van der Waals surface area contributed by atoms with Crippen molar-refractivity contribution >= 4 is 0 Å². The minimum Gasteiger partial charge on any atom is -0.569 e. The fourth-order valence-electron chi connectivity index (χ4n) is 0.746. The number of nitrogens with zero attached hydrogens (tertiary/aromatic N) is 3. The molecule has 1 unspecified atom stereocenters. The highest BCUT2D eigenvalue weighted by atomic mass is 16.7. The summed E-state index contributed by atoms with van der Waals surface area (Å²) in [5, 5.41) is 24.4. The van der Waals surface area contributed by atoms with Crippen molar-refractivity contribution in [2.24, 2.45) is 5.28 Å². The van der Waals surface area contributed by atoms with Crippen LogP contribution in [-0.2, 0) is 4.84 Å². The lowest BCUT2D eigenvalue weighted by atomic mass is 10.4. The Hall–Kier alpha value is -1.04. The largest absolute Gasteiger partial charge is 0.569 e. The number of aliphatic hydroxyl groups excluding tert-OH is 1. The molecule has 0 fully saturated rings. The van der Waals surface area contributed by atoms with Gasteiger partial charge in [0.05, 0.1) is 17.6 Å². The van der Waals surface area contributed by atoms with Gasteiger partial charge in [0.2, 0.25) is 5.28 Å². The van der Waals surface area contributed by atoms with Crippen molar-refractivity contribution in [3.05, 3.63) is 5.21 Å². The highest BCUT2D eigenvalue weighted by Gasteiger charge is 2.12. The fraction of sp³-hybridized carbons (Fsp3) is 1.00. The molecule has 0 aliphatic rings. The van der Waals surface area contributed by atoms with Gasteiger partial charge in [-0.25, -0.2) is 0 Å². The summed E-state index contributed by atoms with van der Waals surface area (Å²) in [5.74, 6) is 0. The van der Waals surface area contributed by atoms with Gasteiger partial charge in [-0.1, -0.05) is 0 Å². The SMILES string of the molecule is CCN(CC(C)O)/[N+]([O-])=N\OC. The highest BCUT2D eigenvalue weighted by molar-refractivity contribution is 4.48. The van der Waals surface area contributed by atoms with Gasteiger partial charge in [-0.05, 0) is 13.8 Å². The van der Waals surface area contributed by atoms with E-state index < -0.39 is 6.10 Å². The highest BCUT2D eigenvalue weighted by Crippen LogP contribution is 1.93. The second-order valence-electron chi connectivity index (χ2n) is 2.37. The summed E-state index contributed by atoms with van der Waals surface area (Å²) in [4.78, 5) is 4.61. The number of hydrogen-bond donors (Lipinski definition) is 1. The van der Waals surface area contributed by atoms with Crippen molar-refractivity contribution in [1.82, 2.24) is 5.01 Å². The van der Waals surface area contributed by atoms with E-state index in [1.165, 1.54) is 12.1 Å². The van der Waals surface area contributed by atoms with Gasteiger partial charge >= 0.3 is 0 Å². The van der Waals surface area contributed by atoms with Crippen LogP contribution in [0.3, 0.4) is 0 Å². The Morgan fingerprint density at radius 3 is 2.67 bits per heavy atom. The van der Waals surface area contributed by atoms with Gasteiger partial charge in [0.1, 0.15) is 13.7 Å². The third-order valence-electron chi connectivity index (χ3n) is 1.23. The van der Waals surface area contributed by atoms with Gasteiger partial charge in [0.15, 0.2) is 0 Å². The normalized spacial score (nSPS) is 14.2. The Morgan fingerprint density at radius 2 is 2.33 bits per heavy atom. The Morgan fingerprint density at radius 1 is 1.75 bits per heavy atom. The van der Waals surface area contributed by atoms with E-state index in [-0.39, 0.29) is 6.54 Å². The van der Waals surface area contributed by atoms with Gasteiger partial charge in [0.25, 0.3) is 0 Å². The first kappa shape index (κ1) is 11.0. The Bertz CT molecular complexity index is 149. The van der Waals surface area contributed by atoms with Crippen molar-refractivity contribution in [2.45, 2.75) is 20.0 Å². The lowest BCUT2D eigenvalue weighted by Gasteiger charge is -2.16. The lowest BCUT2D eigenvalue weighted by Crippen LogP contribution is -2.36. The first-order valence-corrected chi connectivity index (χ1v) is 3.76. The Balaban J connectivity index is 4.05. The van der Waals surface area contributed by atoms with E-state index in [9.17, 15) is 5.21 Å². The molecule has 0 aromatic heterocycles. The molecule has 12 heavy (non-hydrogen) atoms. The second kappa shape index (κ2) is 5.59. The van der Waals surface area contributed by atoms with Crippen LogP contribution in [0.5, 0.6) is 0 Å². The maximum Gasteiger partial charge on any atom is 0.232 e. The predicted octanol–water partition coefficient (Wildman–Crippen LogP) is 0.128. The molecule has 0 aromatic rings. The maximum atomic E-state index is 10.9. The number of likely N-dealkylation sites (N-methyl/N-ethyl adjacent to an activating group) is 1. The average molecular weight is 177 g/mol. The number of hydrazine groups is 1. The van der Waals surface area contributed by atoms with Crippen LogP contribution in [0.15, 0.2) is 5.28 Å². The van der Waals surface area contributed by atoms with Gasteiger partial charge in [-0.15, -0.1) is 5.01 Å². The molecule has 0 aromatic carbocycles. The minimum atomic E-state index is -0.562. The molecule has 0 amide bonds. The lowest BCUT2D eigenvalue weighted by molar-refractivity contribution is -0.710. The first-order valence-electron chi connectivity index (χ1n) is 3.76. The Kier molecular flexibility index (Phi) is 5.11. The summed E-state index contributed by atoms with van der Waals surface area (Å²) in [6, 6.07) is 0. The van der Waals surface area contributed by atoms with Crippen LogP contribution < -0.4 is 0 Å². The molecule has 6 heteroatoms. The maximum absolute atomic E-state index is 10.9. The molecule has 1 atom stereocenters. The first-order chi connectivity index (χ1) is 5.61. The molecule has 0 rings (SSSR count). The zero-order chi connectivity index (χ0) is 9.56. The second-order valence-corrected chi connectivity index (χ2v) is 2.37. The topological polar surface area (TPSA) is 71.1 Å². The van der Waals surface area contributed by atoms with Crippen molar-refractivity contribution < 1.29 is 14.9 Å². The van der Waals surface area contributed by atoms with Gasteiger partial charge in [0, 0.05) is 0 Å². The summed E-state index contributed by atoms with van der Waals surface area (Å²) in [5.41, 5.74) is 0. The third kappa shape index (κ3) is 3.97. The fourth-order valence-corrected chi connectivity index (χ4v) is 0.746. The molecule has 0 spiro atoms. The van der Waals surface area contributed by atoms with Crippen LogP contribution in [0.2, 0.25) is 0 Å². The molecule has 0 saturated heterocycles.